The molecule has 4 heteroatoms. The average Bonchev–Trinajstić information content (AvgIpc) is 2.88. The largest absolute Gasteiger partial charge is 0.618 e. The molecule has 1 aliphatic rings. The smallest absolute Gasteiger partial charge is 0.317 e. The molecule has 0 saturated heterocycles. The predicted octanol–water partition coefficient (Wildman–Crippen LogP) is 2.02. The molecule has 0 bridgehead atoms. The number of hydrogen-bond acceptors (Lipinski definition) is 2. The number of carbonyl (C=O) groups excluding carboxylic acids is 1. The summed E-state index contributed by atoms with van der Waals surface area (Å²) in [5, 5.41) is 14.2. The molecule has 18 heavy (non-hydrogen) atoms. The fourth-order valence-electron chi connectivity index (χ4n) is 2.59. The first-order chi connectivity index (χ1) is 8.77. The summed E-state index contributed by atoms with van der Waals surface area (Å²) >= 11 is 0. The van der Waals surface area contributed by atoms with Gasteiger partial charge in [-0.15, -0.1) is 0 Å². The lowest BCUT2D eigenvalue weighted by Gasteiger charge is -2.09. The Kier molecular flexibility index (Phi) is 4.56. The fourth-order valence-corrected chi connectivity index (χ4v) is 2.59. The average molecular weight is 248 g/mol. The van der Waals surface area contributed by atoms with Gasteiger partial charge < -0.3 is 10.5 Å². The SMILES string of the molecule is O=C(NCCCC1CCCC1)c1cccc[n+]1[O-]. The van der Waals surface area contributed by atoms with Gasteiger partial charge in [0, 0.05) is 18.7 Å². The third-order valence-corrected chi connectivity index (χ3v) is 3.61. The molecule has 1 aromatic heterocycles. The van der Waals surface area contributed by atoms with Gasteiger partial charge in [-0.1, -0.05) is 25.7 Å². The Morgan fingerprint density at radius 2 is 2.17 bits per heavy atom. The van der Waals surface area contributed by atoms with Gasteiger partial charge in [-0.25, -0.2) is 0 Å². The zero-order valence-corrected chi connectivity index (χ0v) is 10.6. The molecular weight excluding hydrogens is 228 g/mol. The van der Waals surface area contributed by atoms with E-state index < -0.39 is 0 Å². The van der Waals surface area contributed by atoms with Crippen LogP contribution in [-0.4, -0.2) is 12.5 Å². The van der Waals surface area contributed by atoms with E-state index >= 15 is 0 Å². The van der Waals surface area contributed by atoms with Gasteiger partial charge in [-0.05, 0) is 24.8 Å². The van der Waals surface area contributed by atoms with E-state index in [9.17, 15) is 10.0 Å². The summed E-state index contributed by atoms with van der Waals surface area (Å²) in [5.74, 6) is 0.570. The van der Waals surface area contributed by atoms with E-state index in [4.69, 9.17) is 0 Å². The number of nitrogens with one attached hydrogen (secondary N) is 1. The van der Waals surface area contributed by atoms with Crippen LogP contribution in [-0.2, 0) is 0 Å². The van der Waals surface area contributed by atoms with Crippen LogP contribution in [0.1, 0.15) is 49.0 Å². The van der Waals surface area contributed by atoms with Crippen molar-refractivity contribution in [2.45, 2.75) is 38.5 Å². The van der Waals surface area contributed by atoms with Crippen LogP contribution in [0.3, 0.4) is 0 Å². The standard InChI is InChI=1S/C14H20N2O2/c17-14(13-9-3-4-11-16(13)18)15-10-5-8-12-6-1-2-7-12/h3-4,9,11-12H,1-2,5-8,10H2,(H,15,17). The molecule has 1 amide bonds. The lowest BCUT2D eigenvalue weighted by Crippen LogP contribution is -2.39. The summed E-state index contributed by atoms with van der Waals surface area (Å²) in [6.45, 7) is 0.657. The molecule has 1 heterocycles. The van der Waals surface area contributed by atoms with Crippen LogP contribution in [0.15, 0.2) is 24.4 Å². The van der Waals surface area contributed by atoms with Crippen molar-refractivity contribution < 1.29 is 9.52 Å². The van der Waals surface area contributed by atoms with Crippen molar-refractivity contribution in [3.63, 3.8) is 0 Å². The number of carbonyl (C=O) groups is 1. The molecular formula is C14H20N2O2. The van der Waals surface area contributed by atoms with Gasteiger partial charge in [0.15, 0.2) is 6.20 Å². The summed E-state index contributed by atoms with van der Waals surface area (Å²) in [7, 11) is 0. The summed E-state index contributed by atoms with van der Waals surface area (Å²) in [6.07, 6.45) is 8.93. The van der Waals surface area contributed by atoms with Gasteiger partial charge in [0.2, 0.25) is 0 Å². The highest BCUT2D eigenvalue weighted by atomic mass is 16.5. The molecule has 1 fully saturated rings. The second kappa shape index (κ2) is 6.38. The number of nitrogens with zero attached hydrogens (tertiary/aromatic N) is 1. The van der Waals surface area contributed by atoms with Crippen LogP contribution in [0.4, 0.5) is 0 Å². The maximum atomic E-state index is 11.7. The van der Waals surface area contributed by atoms with E-state index in [2.05, 4.69) is 5.32 Å². The molecule has 0 radical (unpaired) electrons. The fraction of sp³-hybridized carbons (Fsp3) is 0.571. The van der Waals surface area contributed by atoms with E-state index in [1.807, 2.05) is 0 Å². The second-order valence-electron chi connectivity index (χ2n) is 4.96. The van der Waals surface area contributed by atoms with Crippen LogP contribution < -0.4 is 10.0 Å². The van der Waals surface area contributed by atoms with Crippen molar-refractivity contribution in [3.8, 4) is 0 Å². The van der Waals surface area contributed by atoms with Crippen LogP contribution in [0, 0.1) is 11.1 Å². The highest BCUT2D eigenvalue weighted by Crippen LogP contribution is 2.28. The number of pyridine rings is 1. The molecule has 98 valence electrons. The molecule has 2 rings (SSSR count). The highest BCUT2D eigenvalue weighted by Gasteiger charge is 2.16. The quantitative estimate of drug-likeness (QED) is 0.492. The molecule has 0 atom stereocenters. The first-order valence-electron chi connectivity index (χ1n) is 6.74. The Morgan fingerprint density at radius 1 is 1.39 bits per heavy atom. The minimum Gasteiger partial charge on any atom is -0.618 e. The summed E-state index contributed by atoms with van der Waals surface area (Å²) in [4.78, 5) is 11.7. The minimum absolute atomic E-state index is 0.165. The van der Waals surface area contributed by atoms with Crippen molar-refractivity contribution in [2.24, 2.45) is 5.92 Å². The highest BCUT2D eigenvalue weighted by molar-refractivity contribution is 5.90. The van der Waals surface area contributed by atoms with Gasteiger partial charge in [0.05, 0.1) is 0 Å². The zero-order chi connectivity index (χ0) is 12.8. The Hall–Kier alpha value is -1.58. The maximum absolute atomic E-state index is 11.7. The summed E-state index contributed by atoms with van der Waals surface area (Å²) < 4.78 is 0.603. The number of rotatable bonds is 5. The topological polar surface area (TPSA) is 56.0 Å². The van der Waals surface area contributed by atoms with Gasteiger partial charge in [0.25, 0.3) is 5.69 Å². The van der Waals surface area contributed by atoms with Crippen LogP contribution >= 0.6 is 0 Å². The van der Waals surface area contributed by atoms with E-state index in [0.29, 0.717) is 11.3 Å². The zero-order valence-electron chi connectivity index (χ0n) is 10.6. The molecule has 1 aliphatic carbocycles. The monoisotopic (exact) mass is 248 g/mol. The Morgan fingerprint density at radius 3 is 2.89 bits per heavy atom. The first-order valence-corrected chi connectivity index (χ1v) is 6.74. The first kappa shape index (κ1) is 12.9. The van der Waals surface area contributed by atoms with Gasteiger partial charge in [-0.2, -0.15) is 4.73 Å². The van der Waals surface area contributed by atoms with Crippen molar-refractivity contribution in [3.05, 3.63) is 35.3 Å². The predicted molar refractivity (Wildman–Crippen MR) is 68.9 cm³/mol. The lowest BCUT2D eigenvalue weighted by atomic mass is 10.0. The third-order valence-electron chi connectivity index (χ3n) is 3.61. The molecule has 0 spiro atoms. The Bertz CT molecular complexity index is 401. The normalized spacial score (nSPS) is 15.8. The minimum atomic E-state index is -0.281. The van der Waals surface area contributed by atoms with E-state index in [1.54, 1.807) is 18.2 Å². The summed E-state index contributed by atoms with van der Waals surface area (Å²) in [6, 6.07) is 4.85. The molecule has 1 N–H and O–H groups in total. The van der Waals surface area contributed by atoms with Gasteiger partial charge in [0.1, 0.15) is 0 Å². The molecule has 0 aromatic carbocycles. The maximum Gasteiger partial charge on any atom is 0.317 e. The van der Waals surface area contributed by atoms with Crippen molar-refractivity contribution in [2.75, 3.05) is 6.54 Å². The summed E-state index contributed by atoms with van der Waals surface area (Å²) in [5.41, 5.74) is 0.165. The van der Waals surface area contributed by atoms with Gasteiger partial charge in [-0.3, -0.25) is 4.79 Å². The molecule has 0 unspecified atom stereocenters. The van der Waals surface area contributed by atoms with Crippen LogP contribution in [0.2, 0.25) is 0 Å². The van der Waals surface area contributed by atoms with Crippen LogP contribution in [0.25, 0.3) is 0 Å². The molecule has 0 aliphatic heterocycles. The second-order valence-corrected chi connectivity index (χ2v) is 4.96. The number of hydrogen-bond donors (Lipinski definition) is 1. The Balaban J connectivity index is 1.70. The number of aromatic nitrogens is 1. The molecule has 1 aromatic rings. The van der Waals surface area contributed by atoms with E-state index in [-0.39, 0.29) is 11.6 Å². The molecule has 1 saturated carbocycles. The van der Waals surface area contributed by atoms with E-state index in [1.165, 1.54) is 38.3 Å². The third kappa shape index (κ3) is 3.45. The van der Waals surface area contributed by atoms with Gasteiger partial charge >= 0.3 is 5.91 Å². The number of amides is 1. The van der Waals surface area contributed by atoms with Crippen LogP contribution in [0.5, 0.6) is 0 Å². The van der Waals surface area contributed by atoms with E-state index in [0.717, 1.165) is 12.3 Å². The molecule has 4 nitrogen and oxygen atoms in total. The van der Waals surface area contributed by atoms with Crippen molar-refractivity contribution in [1.82, 2.24) is 5.32 Å². The lowest BCUT2D eigenvalue weighted by molar-refractivity contribution is -0.607. The van der Waals surface area contributed by atoms with Crippen molar-refractivity contribution >= 4 is 5.91 Å². The van der Waals surface area contributed by atoms with Crippen molar-refractivity contribution in [1.29, 1.82) is 0 Å². The Labute approximate surface area is 108 Å².